The molecule has 0 aliphatic carbocycles. The van der Waals surface area contributed by atoms with Crippen molar-refractivity contribution in [3.8, 4) is 11.1 Å². The summed E-state index contributed by atoms with van der Waals surface area (Å²) < 4.78 is 1.68. The van der Waals surface area contributed by atoms with E-state index in [-0.39, 0.29) is 5.91 Å². The highest BCUT2D eigenvalue weighted by atomic mass is 16.2. The molecule has 0 saturated carbocycles. The second-order valence-corrected chi connectivity index (χ2v) is 4.04. The molecule has 0 unspecified atom stereocenters. The van der Waals surface area contributed by atoms with Gasteiger partial charge in [-0.05, 0) is 5.56 Å². The van der Waals surface area contributed by atoms with Gasteiger partial charge < -0.3 is 11.1 Å². The minimum absolute atomic E-state index is 0.188. The molecule has 0 fully saturated rings. The number of benzene rings is 1. The highest BCUT2D eigenvalue weighted by molar-refractivity contribution is 5.81. The van der Waals surface area contributed by atoms with Gasteiger partial charge in [-0.25, -0.2) is 0 Å². The largest absolute Gasteiger partial charge is 0.358 e. The van der Waals surface area contributed by atoms with Crippen LogP contribution in [0.15, 0.2) is 42.7 Å². The smallest absolute Gasteiger partial charge is 0.238 e. The predicted octanol–water partition coefficient (Wildman–Crippen LogP) is 0.623. The van der Waals surface area contributed by atoms with E-state index >= 15 is 0 Å². The second-order valence-electron chi connectivity index (χ2n) is 4.04. The molecule has 94 valence electrons. The van der Waals surface area contributed by atoms with Crippen LogP contribution in [0.2, 0.25) is 0 Å². The summed E-state index contributed by atoms with van der Waals surface area (Å²) >= 11 is 0. The van der Waals surface area contributed by atoms with Crippen LogP contribution in [0.5, 0.6) is 0 Å². The van der Waals surface area contributed by atoms with E-state index in [9.17, 15) is 4.79 Å². The Morgan fingerprint density at radius 2 is 2.11 bits per heavy atom. The van der Waals surface area contributed by atoms with Crippen molar-refractivity contribution in [3.05, 3.63) is 42.7 Å². The van der Waals surface area contributed by atoms with Gasteiger partial charge >= 0.3 is 0 Å². The van der Waals surface area contributed by atoms with Gasteiger partial charge in [-0.2, -0.15) is 5.10 Å². The van der Waals surface area contributed by atoms with Crippen LogP contribution in [0.25, 0.3) is 11.1 Å². The summed E-state index contributed by atoms with van der Waals surface area (Å²) in [5, 5.41) is 6.72. The molecule has 18 heavy (non-hydrogen) atoms. The Balaban J connectivity index is 2.09. The molecule has 0 spiro atoms. The Labute approximate surface area is 106 Å². The maximum absolute atomic E-state index is 11.3. The van der Waals surface area contributed by atoms with Crippen LogP contribution < -0.4 is 11.1 Å². The van der Waals surface area contributed by atoms with Crippen molar-refractivity contribution in [3.63, 3.8) is 0 Å². The van der Waals surface area contributed by atoms with E-state index in [0.29, 0.717) is 6.54 Å². The van der Waals surface area contributed by atoms with Crippen molar-refractivity contribution in [1.82, 2.24) is 15.1 Å². The number of nitrogens with one attached hydrogen (secondary N) is 1. The van der Waals surface area contributed by atoms with Gasteiger partial charge in [0, 0.05) is 18.8 Å². The number of carbonyl (C=O) groups excluding carboxylic acids is 1. The van der Waals surface area contributed by atoms with E-state index in [1.165, 1.54) is 0 Å². The molecule has 5 nitrogen and oxygen atoms in total. The van der Waals surface area contributed by atoms with Crippen LogP contribution in [-0.4, -0.2) is 28.8 Å². The third-order valence-corrected chi connectivity index (χ3v) is 2.71. The highest BCUT2D eigenvalue weighted by Crippen LogP contribution is 2.17. The summed E-state index contributed by atoms with van der Waals surface area (Å²) in [5.41, 5.74) is 7.84. The van der Waals surface area contributed by atoms with Crippen LogP contribution >= 0.6 is 0 Å². The van der Waals surface area contributed by atoms with E-state index in [2.05, 4.69) is 10.4 Å². The molecule has 3 N–H and O–H groups in total. The number of aromatic nitrogens is 2. The first-order chi connectivity index (χ1) is 8.70. The molecule has 5 heteroatoms. The zero-order chi connectivity index (χ0) is 13.0. The van der Waals surface area contributed by atoms with Crippen molar-refractivity contribution < 1.29 is 4.79 Å². The Morgan fingerprint density at radius 3 is 2.78 bits per heavy atom. The Kier molecular flexibility index (Phi) is 3.74. The normalized spacial score (nSPS) is 12.1. The lowest BCUT2D eigenvalue weighted by molar-refractivity contribution is -0.122. The fraction of sp³-hybridized carbons (Fsp3) is 0.231. The zero-order valence-electron chi connectivity index (χ0n) is 10.2. The van der Waals surface area contributed by atoms with E-state index in [1.807, 2.05) is 36.5 Å². The van der Waals surface area contributed by atoms with Gasteiger partial charge in [0.05, 0.1) is 12.7 Å². The highest BCUT2D eigenvalue weighted by Gasteiger charge is 2.12. The third-order valence-electron chi connectivity index (χ3n) is 2.71. The number of amides is 1. The van der Waals surface area contributed by atoms with Gasteiger partial charge in [0.25, 0.3) is 0 Å². The van der Waals surface area contributed by atoms with Gasteiger partial charge in [0.15, 0.2) is 0 Å². The maximum atomic E-state index is 11.3. The minimum Gasteiger partial charge on any atom is -0.358 e. The molecule has 1 heterocycles. The summed E-state index contributed by atoms with van der Waals surface area (Å²) in [5.74, 6) is -0.188. The molecule has 0 aliphatic heterocycles. The number of hydrogen-bond acceptors (Lipinski definition) is 3. The summed E-state index contributed by atoms with van der Waals surface area (Å²) in [6.07, 6.45) is 3.66. The lowest BCUT2D eigenvalue weighted by Crippen LogP contribution is -2.41. The molecule has 2 rings (SSSR count). The van der Waals surface area contributed by atoms with Gasteiger partial charge in [-0.3, -0.25) is 9.48 Å². The monoisotopic (exact) mass is 244 g/mol. The molecular weight excluding hydrogens is 228 g/mol. The van der Waals surface area contributed by atoms with Crippen LogP contribution in [0, 0.1) is 0 Å². The summed E-state index contributed by atoms with van der Waals surface area (Å²) in [6, 6.07) is 9.36. The van der Waals surface area contributed by atoms with Crippen molar-refractivity contribution >= 4 is 5.91 Å². The molecule has 0 saturated heterocycles. The van der Waals surface area contributed by atoms with E-state index in [0.717, 1.165) is 11.1 Å². The van der Waals surface area contributed by atoms with Crippen LogP contribution in [0.4, 0.5) is 0 Å². The van der Waals surface area contributed by atoms with Crippen molar-refractivity contribution in [2.45, 2.75) is 12.6 Å². The molecule has 0 bridgehead atoms. The Hall–Kier alpha value is -2.14. The summed E-state index contributed by atoms with van der Waals surface area (Å²) in [7, 11) is 1.57. The molecule has 1 aromatic heterocycles. The fourth-order valence-corrected chi connectivity index (χ4v) is 1.71. The topological polar surface area (TPSA) is 72.9 Å². The number of rotatable bonds is 4. The van der Waals surface area contributed by atoms with Crippen molar-refractivity contribution in [2.75, 3.05) is 7.05 Å². The van der Waals surface area contributed by atoms with Gasteiger partial charge in [-0.1, -0.05) is 30.3 Å². The number of carbonyl (C=O) groups is 1. The summed E-state index contributed by atoms with van der Waals surface area (Å²) in [6.45, 7) is 0.368. The number of nitrogens with two attached hydrogens (primary N) is 1. The zero-order valence-corrected chi connectivity index (χ0v) is 10.2. The second kappa shape index (κ2) is 5.46. The molecule has 1 aromatic carbocycles. The predicted molar refractivity (Wildman–Crippen MR) is 69.7 cm³/mol. The Bertz CT molecular complexity index is 521. The molecule has 1 atom stereocenters. The first-order valence-corrected chi connectivity index (χ1v) is 5.76. The van der Waals surface area contributed by atoms with Crippen LogP contribution in [0.1, 0.15) is 0 Å². The molecule has 0 radical (unpaired) electrons. The number of likely N-dealkylation sites (N-methyl/N-ethyl adjacent to an activating group) is 1. The van der Waals surface area contributed by atoms with E-state index < -0.39 is 6.04 Å². The lowest BCUT2D eigenvalue weighted by atomic mass is 10.1. The molecule has 1 amide bonds. The fourth-order valence-electron chi connectivity index (χ4n) is 1.71. The number of hydrogen-bond donors (Lipinski definition) is 2. The average molecular weight is 244 g/mol. The SMILES string of the molecule is CNC(=O)[C@@H](N)Cn1cc(-c2ccccc2)cn1. The standard InChI is InChI=1S/C13H16N4O/c1-15-13(18)12(14)9-17-8-11(7-16-17)10-5-3-2-4-6-10/h2-8,12H,9,14H2,1H3,(H,15,18)/t12-/m0/s1. The van der Waals surface area contributed by atoms with Gasteiger partial charge in [0.2, 0.25) is 5.91 Å². The summed E-state index contributed by atoms with van der Waals surface area (Å²) in [4.78, 5) is 11.3. The maximum Gasteiger partial charge on any atom is 0.238 e. The van der Waals surface area contributed by atoms with Gasteiger partial charge in [-0.15, -0.1) is 0 Å². The molecule has 2 aromatic rings. The molecular formula is C13H16N4O. The minimum atomic E-state index is -0.585. The van der Waals surface area contributed by atoms with Crippen molar-refractivity contribution in [1.29, 1.82) is 0 Å². The van der Waals surface area contributed by atoms with E-state index in [4.69, 9.17) is 5.73 Å². The van der Waals surface area contributed by atoms with Crippen LogP contribution in [0.3, 0.4) is 0 Å². The van der Waals surface area contributed by atoms with Crippen molar-refractivity contribution in [2.24, 2.45) is 5.73 Å². The first kappa shape index (κ1) is 12.3. The quantitative estimate of drug-likeness (QED) is 0.828. The molecule has 0 aliphatic rings. The average Bonchev–Trinajstić information content (AvgIpc) is 2.87. The Morgan fingerprint density at radius 1 is 1.39 bits per heavy atom. The van der Waals surface area contributed by atoms with Gasteiger partial charge in [0.1, 0.15) is 6.04 Å². The lowest BCUT2D eigenvalue weighted by Gasteiger charge is -2.09. The van der Waals surface area contributed by atoms with E-state index in [1.54, 1.807) is 17.9 Å². The first-order valence-electron chi connectivity index (χ1n) is 5.76. The third kappa shape index (κ3) is 2.75. The van der Waals surface area contributed by atoms with Crippen LogP contribution in [-0.2, 0) is 11.3 Å². The number of nitrogens with zero attached hydrogens (tertiary/aromatic N) is 2.